The quantitative estimate of drug-likeness (QED) is 0.739. The van der Waals surface area contributed by atoms with Gasteiger partial charge in [-0.05, 0) is 24.6 Å². The number of H-pyrrole nitrogens is 2. The van der Waals surface area contributed by atoms with Crippen molar-refractivity contribution in [3.05, 3.63) is 28.0 Å². The second-order valence-corrected chi connectivity index (χ2v) is 5.74. The lowest BCUT2D eigenvalue weighted by Gasteiger charge is -1.99. The number of benzene rings is 1. The lowest BCUT2D eigenvalue weighted by atomic mass is 10.2. The van der Waals surface area contributed by atoms with Gasteiger partial charge < -0.3 is 0 Å². The number of hydrogen-bond acceptors (Lipinski definition) is 3. The van der Waals surface area contributed by atoms with Crippen LogP contribution in [0.1, 0.15) is 5.56 Å². The number of fused-ring (bicyclic) bond motifs is 1. The van der Waals surface area contributed by atoms with Gasteiger partial charge in [-0.25, -0.2) is 8.42 Å². The van der Waals surface area contributed by atoms with Gasteiger partial charge in [-0.1, -0.05) is 0 Å². The van der Waals surface area contributed by atoms with Crippen LogP contribution in [0.3, 0.4) is 0 Å². The molecule has 2 N–H and O–H groups in total. The summed E-state index contributed by atoms with van der Waals surface area (Å²) in [6, 6.07) is 3.00. The summed E-state index contributed by atoms with van der Waals surface area (Å²) in [6.07, 6.45) is 0. The van der Waals surface area contributed by atoms with Crippen molar-refractivity contribution in [1.82, 2.24) is 10.2 Å². The molecule has 0 aliphatic rings. The first kappa shape index (κ1) is 10.3. The monoisotopic (exact) mass is 246 g/mol. The number of halogens is 1. The molecule has 1 aromatic heterocycles. The molecule has 0 bridgehead atoms. The maximum Gasteiger partial charge on any atom is 0.271 e. The van der Waals surface area contributed by atoms with Gasteiger partial charge in [0.25, 0.3) is 14.6 Å². The Kier molecular flexibility index (Phi) is 2.13. The van der Waals surface area contributed by atoms with Gasteiger partial charge in [0.2, 0.25) is 0 Å². The second-order valence-electron chi connectivity index (χ2n) is 3.20. The number of aromatic nitrogens is 2. The van der Waals surface area contributed by atoms with Crippen LogP contribution >= 0.6 is 10.7 Å². The van der Waals surface area contributed by atoms with Crippen molar-refractivity contribution in [2.45, 2.75) is 11.8 Å². The zero-order valence-corrected chi connectivity index (χ0v) is 9.24. The lowest BCUT2D eigenvalue weighted by Crippen LogP contribution is -1.98. The average Bonchev–Trinajstić information content (AvgIpc) is 2.45. The molecule has 0 radical (unpaired) electrons. The van der Waals surface area contributed by atoms with E-state index in [9.17, 15) is 13.2 Å². The van der Waals surface area contributed by atoms with Crippen LogP contribution in [-0.2, 0) is 9.05 Å². The summed E-state index contributed by atoms with van der Waals surface area (Å²) in [5.41, 5.74) is 0.502. The Bertz CT molecular complexity index is 683. The predicted molar refractivity (Wildman–Crippen MR) is 56.7 cm³/mol. The molecule has 1 aromatic carbocycles. The molecule has 0 fully saturated rings. The van der Waals surface area contributed by atoms with E-state index in [1.54, 1.807) is 13.0 Å². The molecule has 15 heavy (non-hydrogen) atoms. The van der Waals surface area contributed by atoms with Gasteiger partial charge in [0.15, 0.2) is 0 Å². The highest BCUT2D eigenvalue weighted by Gasteiger charge is 2.17. The molecule has 0 amide bonds. The van der Waals surface area contributed by atoms with E-state index < -0.39 is 9.05 Å². The van der Waals surface area contributed by atoms with Gasteiger partial charge in [-0.3, -0.25) is 15.0 Å². The van der Waals surface area contributed by atoms with Crippen LogP contribution in [0.2, 0.25) is 0 Å². The molecular formula is C8H7ClN2O3S. The van der Waals surface area contributed by atoms with Crippen molar-refractivity contribution in [1.29, 1.82) is 0 Å². The maximum atomic E-state index is 11.3. The summed E-state index contributed by atoms with van der Waals surface area (Å²) >= 11 is 0. The third-order valence-corrected chi connectivity index (χ3v) is 3.40. The second kappa shape index (κ2) is 3.11. The van der Waals surface area contributed by atoms with Crippen molar-refractivity contribution in [2.75, 3.05) is 0 Å². The van der Waals surface area contributed by atoms with E-state index in [1.165, 1.54) is 6.07 Å². The number of nitrogens with one attached hydrogen (secondary N) is 2. The summed E-state index contributed by atoms with van der Waals surface area (Å²) in [5, 5.41) is 5.09. The predicted octanol–water partition coefficient (Wildman–Crippen LogP) is 1.09. The highest BCUT2D eigenvalue weighted by atomic mass is 35.7. The SMILES string of the molecule is Cc1cc(S(=O)(=O)Cl)c2[nH][nH]c(=O)c2c1. The smallest absolute Gasteiger partial charge is 0.271 e. The van der Waals surface area contributed by atoms with Gasteiger partial charge in [0.05, 0.1) is 10.9 Å². The first-order chi connectivity index (χ1) is 6.89. The Morgan fingerprint density at radius 2 is 1.93 bits per heavy atom. The summed E-state index contributed by atoms with van der Waals surface area (Å²) < 4.78 is 22.5. The molecule has 7 heteroatoms. The van der Waals surface area contributed by atoms with E-state index in [1.807, 2.05) is 0 Å². The topological polar surface area (TPSA) is 82.8 Å². The number of rotatable bonds is 1. The first-order valence-corrected chi connectivity index (χ1v) is 6.36. The molecule has 2 rings (SSSR count). The third kappa shape index (κ3) is 1.66. The minimum Gasteiger partial charge on any atom is -0.296 e. The van der Waals surface area contributed by atoms with Crippen molar-refractivity contribution >= 4 is 30.6 Å². The Hall–Kier alpha value is -1.27. The number of hydrogen-bond donors (Lipinski definition) is 2. The van der Waals surface area contributed by atoms with Gasteiger partial charge in [0, 0.05) is 10.7 Å². The highest BCUT2D eigenvalue weighted by Crippen LogP contribution is 2.23. The van der Waals surface area contributed by atoms with Crippen LogP contribution < -0.4 is 5.56 Å². The molecule has 80 valence electrons. The molecule has 0 atom stereocenters. The van der Waals surface area contributed by atoms with E-state index in [-0.39, 0.29) is 21.4 Å². The number of aryl methyl sites for hydroxylation is 1. The van der Waals surface area contributed by atoms with Gasteiger partial charge in [-0.15, -0.1) is 0 Å². The first-order valence-electron chi connectivity index (χ1n) is 4.05. The van der Waals surface area contributed by atoms with E-state index in [0.717, 1.165) is 0 Å². The molecule has 0 aliphatic carbocycles. The summed E-state index contributed by atoms with van der Waals surface area (Å²) in [6.45, 7) is 1.69. The lowest BCUT2D eigenvalue weighted by molar-refractivity contribution is 0.610. The summed E-state index contributed by atoms with van der Waals surface area (Å²) in [7, 11) is 1.40. The minimum absolute atomic E-state index is 0.0856. The summed E-state index contributed by atoms with van der Waals surface area (Å²) in [4.78, 5) is 11.2. The van der Waals surface area contributed by atoms with Crippen molar-refractivity contribution in [2.24, 2.45) is 0 Å². The number of aromatic amines is 2. The Balaban J connectivity index is 3.03. The van der Waals surface area contributed by atoms with Gasteiger partial charge >= 0.3 is 0 Å². The van der Waals surface area contributed by atoms with Crippen LogP contribution in [-0.4, -0.2) is 18.6 Å². The minimum atomic E-state index is -3.86. The molecule has 0 aliphatic heterocycles. The molecule has 0 saturated heterocycles. The van der Waals surface area contributed by atoms with E-state index >= 15 is 0 Å². The molecule has 1 heterocycles. The largest absolute Gasteiger partial charge is 0.296 e. The zero-order chi connectivity index (χ0) is 11.2. The Labute approximate surface area is 89.5 Å². The van der Waals surface area contributed by atoms with Crippen LogP contribution in [0, 0.1) is 6.92 Å². The Morgan fingerprint density at radius 3 is 2.53 bits per heavy atom. The molecule has 0 saturated carbocycles. The fourth-order valence-corrected chi connectivity index (χ4v) is 2.54. The van der Waals surface area contributed by atoms with Gasteiger partial charge in [-0.2, -0.15) is 0 Å². The summed E-state index contributed by atoms with van der Waals surface area (Å²) in [5.74, 6) is 0. The normalized spacial score (nSPS) is 12.1. The molecule has 0 spiro atoms. The molecule has 0 unspecified atom stereocenters. The van der Waals surface area contributed by atoms with Crippen molar-refractivity contribution in [3.8, 4) is 0 Å². The van der Waals surface area contributed by atoms with Crippen LogP contribution in [0.15, 0.2) is 21.8 Å². The van der Waals surface area contributed by atoms with E-state index in [4.69, 9.17) is 10.7 Å². The maximum absolute atomic E-state index is 11.3. The fourth-order valence-electron chi connectivity index (χ4n) is 1.44. The molecule has 2 aromatic rings. The van der Waals surface area contributed by atoms with E-state index in [0.29, 0.717) is 5.56 Å². The highest BCUT2D eigenvalue weighted by molar-refractivity contribution is 8.14. The van der Waals surface area contributed by atoms with Crippen molar-refractivity contribution in [3.63, 3.8) is 0 Å². The van der Waals surface area contributed by atoms with E-state index in [2.05, 4.69) is 10.2 Å². The molecule has 5 nitrogen and oxygen atoms in total. The van der Waals surface area contributed by atoms with Gasteiger partial charge in [0.1, 0.15) is 4.90 Å². The van der Waals surface area contributed by atoms with Crippen LogP contribution in [0.25, 0.3) is 10.9 Å². The standard InChI is InChI=1S/C8H7ClN2O3S/c1-4-2-5-7(10-11-8(5)12)6(3-4)15(9,13)14/h2-3H,1H3,(H2,10,11,12). The Morgan fingerprint density at radius 1 is 1.27 bits per heavy atom. The van der Waals surface area contributed by atoms with Crippen LogP contribution in [0.5, 0.6) is 0 Å². The molecular weight excluding hydrogens is 240 g/mol. The fraction of sp³-hybridized carbons (Fsp3) is 0.125. The zero-order valence-electron chi connectivity index (χ0n) is 7.67. The van der Waals surface area contributed by atoms with Crippen molar-refractivity contribution < 1.29 is 8.42 Å². The third-order valence-electron chi connectivity index (χ3n) is 2.05. The van der Waals surface area contributed by atoms with Crippen LogP contribution in [0.4, 0.5) is 0 Å². The average molecular weight is 247 g/mol.